The molecule has 0 aliphatic rings. The molecule has 0 saturated heterocycles. The highest BCUT2D eigenvalue weighted by molar-refractivity contribution is 9.10. The maximum absolute atomic E-state index is 12.0. The van der Waals surface area contributed by atoms with E-state index in [0.29, 0.717) is 21.0 Å². The lowest BCUT2D eigenvalue weighted by atomic mass is 10.1. The van der Waals surface area contributed by atoms with Crippen LogP contribution in [0.5, 0.6) is 0 Å². The lowest BCUT2D eigenvalue weighted by Crippen LogP contribution is -2.11. The van der Waals surface area contributed by atoms with Gasteiger partial charge >= 0.3 is 0 Å². The number of halogens is 1. The molecule has 1 aromatic carbocycles. The van der Waals surface area contributed by atoms with Crippen LogP contribution in [0, 0.1) is 0 Å². The van der Waals surface area contributed by atoms with Gasteiger partial charge in [0.1, 0.15) is 4.47 Å². The molecule has 0 spiro atoms. The lowest BCUT2D eigenvalue weighted by Gasteiger charge is -2.05. The van der Waals surface area contributed by atoms with Gasteiger partial charge in [0.25, 0.3) is 5.56 Å². The Hall–Kier alpha value is -1.79. The molecule has 94 valence electrons. The molecule has 3 aromatic rings. The number of nitrogens with zero attached hydrogens (tertiary/aromatic N) is 2. The molecule has 2 heterocycles. The van der Waals surface area contributed by atoms with Crippen LogP contribution in [-0.2, 0) is 0 Å². The summed E-state index contributed by atoms with van der Waals surface area (Å²) in [4.78, 5) is 23.3. The van der Waals surface area contributed by atoms with Crippen molar-refractivity contribution in [2.75, 3.05) is 0 Å². The molecule has 19 heavy (non-hydrogen) atoms. The van der Waals surface area contributed by atoms with Crippen LogP contribution in [0.4, 0.5) is 0 Å². The molecule has 0 bridgehead atoms. The first-order valence-electron chi connectivity index (χ1n) is 5.51. The van der Waals surface area contributed by atoms with Crippen molar-refractivity contribution >= 4 is 27.3 Å². The molecule has 0 aliphatic carbocycles. The van der Waals surface area contributed by atoms with Crippen molar-refractivity contribution in [3.8, 4) is 22.1 Å². The van der Waals surface area contributed by atoms with Gasteiger partial charge in [-0.2, -0.15) is 0 Å². The Morgan fingerprint density at radius 1 is 1.21 bits per heavy atom. The number of hydrogen-bond donors (Lipinski definition) is 1. The van der Waals surface area contributed by atoms with E-state index in [2.05, 4.69) is 30.9 Å². The molecule has 0 unspecified atom stereocenters. The Bertz CT molecular complexity index is 753. The van der Waals surface area contributed by atoms with E-state index in [4.69, 9.17) is 0 Å². The van der Waals surface area contributed by atoms with E-state index >= 15 is 0 Å². The van der Waals surface area contributed by atoms with Gasteiger partial charge in [0, 0.05) is 17.1 Å². The second-order valence-electron chi connectivity index (χ2n) is 3.78. The minimum atomic E-state index is -0.209. The van der Waals surface area contributed by atoms with E-state index in [-0.39, 0.29) is 5.56 Å². The summed E-state index contributed by atoms with van der Waals surface area (Å²) in [5, 5.41) is 2.54. The molecule has 0 amide bonds. The zero-order valence-corrected chi connectivity index (χ0v) is 12.0. The summed E-state index contributed by atoms with van der Waals surface area (Å²) in [6, 6.07) is 9.57. The van der Waals surface area contributed by atoms with E-state index in [0.717, 1.165) is 5.56 Å². The molecule has 0 radical (unpaired) electrons. The maximum atomic E-state index is 12.0. The quantitative estimate of drug-likeness (QED) is 0.782. The number of thiazole rings is 1. The molecule has 4 nitrogen and oxygen atoms in total. The maximum Gasteiger partial charge on any atom is 0.266 e. The van der Waals surface area contributed by atoms with Crippen LogP contribution in [0.3, 0.4) is 0 Å². The number of rotatable bonds is 2. The Balaban J connectivity index is 2.23. The smallest absolute Gasteiger partial charge is 0.266 e. The average molecular weight is 334 g/mol. The molecule has 0 fully saturated rings. The zero-order chi connectivity index (χ0) is 13.2. The lowest BCUT2D eigenvalue weighted by molar-refractivity contribution is 1.11. The highest BCUT2D eigenvalue weighted by atomic mass is 79.9. The Labute approximate surface area is 121 Å². The van der Waals surface area contributed by atoms with Crippen LogP contribution in [0.1, 0.15) is 0 Å². The molecular formula is C13H8BrN3OS. The summed E-state index contributed by atoms with van der Waals surface area (Å²) in [6.45, 7) is 0. The molecule has 2 aromatic heterocycles. The first-order chi connectivity index (χ1) is 9.25. The minimum absolute atomic E-state index is 0.209. The van der Waals surface area contributed by atoms with Crippen molar-refractivity contribution in [1.29, 1.82) is 0 Å². The topological polar surface area (TPSA) is 58.6 Å². The third kappa shape index (κ3) is 2.36. The summed E-state index contributed by atoms with van der Waals surface area (Å²) in [5.41, 5.74) is 1.30. The molecule has 0 saturated carbocycles. The third-order valence-corrected chi connectivity index (χ3v) is 4.06. The highest BCUT2D eigenvalue weighted by Gasteiger charge is 2.13. The molecule has 6 heteroatoms. The van der Waals surface area contributed by atoms with E-state index in [1.165, 1.54) is 11.3 Å². The van der Waals surface area contributed by atoms with Crippen molar-refractivity contribution < 1.29 is 0 Å². The third-order valence-electron chi connectivity index (χ3n) is 2.54. The summed E-state index contributed by atoms with van der Waals surface area (Å²) < 4.78 is 0.430. The standard InChI is InChI=1S/C13H8BrN3OS/c14-9-10(8-4-2-1-3-5-8)16-11(17-12(9)18)13-15-6-7-19-13/h1-7H,(H,16,17,18). The Morgan fingerprint density at radius 3 is 2.68 bits per heavy atom. The number of aromatic amines is 1. The van der Waals surface area contributed by atoms with E-state index < -0.39 is 0 Å². The number of nitrogens with one attached hydrogen (secondary N) is 1. The molecule has 0 aliphatic heterocycles. The van der Waals surface area contributed by atoms with Crippen molar-refractivity contribution in [1.82, 2.24) is 15.0 Å². The molecule has 3 rings (SSSR count). The molecule has 1 N–H and O–H groups in total. The van der Waals surface area contributed by atoms with Gasteiger partial charge in [0.15, 0.2) is 10.8 Å². The summed E-state index contributed by atoms with van der Waals surface area (Å²) in [5.74, 6) is 0.488. The summed E-state index contributed by atoms with van der Waals surface area (Å²) in [6.07, 6.45) is 1.68. The predicted octanol–water partition coefficient (Wildman–Crippen LogP) is 3.32. The van der Waals surface area contributed by atoms with Crippen LogP contribution in [-0.4, -0.2) is 15.0 Å². The van der Waals surface area contributed by atoms with Gasteiger partial charge in [0.2, 0.25) is 0 Å². The zero-order valence-electron chi connectivity index (χ0n) is 9.63. The number of H-pyrrole nitrogens is 1. The largest absolute Gasteiger partial charge is 0.303 e. The fraction of sp³-hybridized carbons (Fsp3) is 0. The fourth-order valence-corrected chi connectivity index (χ4v) is 2.69. The van der Waals surface area contributed by atoms with Gasteiger partial charge in [-0.3, -0.25) is 4.79 Å². The first-order valence-corrected chi connectivity index (χ1v) is 7.18. The Kier molecular flexibility index (Phi) is 3.27. The number of hydrogen-bond acceptors (Lipinski definition) is 4. The number of aromatic nitrogens is 3. The van der Waals surface area contributed by atoms with Gasteiger partial charge < -0.3 is 4.98 Å². The van der Waals surface area contributed by atoms with Crippen molar-refractivity contribution in [2.24, 2.45) is 0 Å². The summed E-state index contributed by atoms with van der Waals surface area (Å²) in [7, 11) is 0. The van der Waals surface area contributed by atoms with E-state index in [1.54, 1.807) is 6.20 Å². The van der Waals surface area contributed by atoms with E-state index in [1.807, 2.05) is 35.7 Å². The normalized spacial score (nSPS) is 10.6. The first kappa shape index (κ1) is 12.3. The monoisotopic (exact) mass is 333 g/mol. The second-order valence-corrected chi connectivity index (χ2v) is 5.47. The average Bonchev–Trinajstić information content (AvgIpc) is 2.97. The summed E-state index contributed by atoms with van der Waals surface area (Å²) >= 11 is 4.73. The predicted molar refractivity (Wildman–Crippen MR) is 79.1 cm³/mol. The van der Waals surface area contributed by atoms with Gasteiger partial charge in [-0.1, -0.05) is 30.3 Å². The van der Waals surface area contributed by atoms with Gasteiger partial charge in [-0.05, 0) is 15.9 Å². The van der Waals surface area contributed by atoms with E-state index in [9.17, 15) is 4.79 Å². The van der Waals surface area contributed by atoms with Gasteiger partial charge in [-0.15, -0.1) is 11.3 Å². The molecule has 0 atom stereocenters. The Morgan fingerprint density at radius 2 is 2.00 bits per heavy atom. The SMILES string of the molecule is O=c1[nH]c(-c2nccs2)nc(-c2ccccc2)c1Br. The number of benzene rings is 1. The second kappa shape index (κ2) is 5.07. The van der Waals surface area contributed by atoms with Crippen molar-refractivity contribution in [2.45, 2.75) is 0 Å². The van der Waals surface area contributed by atoms with Gasteiger partial charge in [0.05, 0.1) is 5.69 Å². The van der Waals surface area contributed by atoms with Crippen LogP contribution in [0.25, 0.3) is 22.1 Å². The molecular weight excluding hydrogens is 326 g/mol. The van der Waals surface area contributed by atoms with Crippen LogP contribution in [0.15, 0.2) is 51.2 Å². The highest BCUT2D eigenvalue weighted by Crippen LogP contribution is 2.26. The van der Waals surface area contributed by atoms with Crippen LogP contribution < -0.4 is 5.56 Å². The van der Waals surface area contributed by atoms with Crippen LogP contribution >= 0.6 is 27.3 Å². The van der Waals surface area contributed by atoms with Crippen molar-refractivity contribution in [3.63, 3.8) is 0 Å². The fourth-order valence-electron chi connectivity index (χ4n) is 1.69. The minimum Gasteiger partial charge on any atom is -0.303 e. The van der Waals surface area contributed by atoms with Crippen molar-refractivity contribution in [3.05, 3.63) is 56.7 Å². The van der Waals surface area contributed by atoms with Crippen LogP contribution in [0.2, 0.25) is 0 Å². The van der Waals surface area contributed by atoms with Gasteiger partial charge in [-0.25, -0.2) is 9.97 Å².